The molecule has 0 amide bonds. The second-order valence-electron chi connectivity index (χ2n) is 9.36. The number of rotatable bonds is 7. The zero-order chi connectivity index (χ0) is 24.4. The molecule has 2 aromatic rings. The van der Waals surface area contributed by atoms with Crippen molar-refractivity contribution in [3.05, 3.63) is 59.3 Å². The lowest BCUT2D eigenvalue weighted by atomic mass is 10.0. The lowest BCUT2D eigenvalue weighted by molar-refractivity contribution is 0.326. The van der Waals surface area contributed by atoms with E-state index in [4.69, 9.17) is 5.10 Å². The second-order valence-corrected chi connectivity index (χ2v) is 10.8. The number of fused-ring (bicyclic) bond motifs is 1. The van der Waals surface area contributed by atoms with Gasteiger partial charge in [0.05, 0.1) is 10.6 Å². The van der Waals surface area contributed by atoms with Crippen LogP contribution in [0.3, 0.4) is 0 Å². The second kappa shape index (κ2) is 10.3. The molecular weight excluding hydrogens is 446 g/mol. The van der Waals surface area contributed by atoms with Gasteiger partial charge in [0.15, 0.2) is 5.82 Å². The zero-order valence-corrected chi connectivity index (χ0v) is 21.4. The first-order chi connectivity index (χ1) is 16.3. The number of aryl methyl sites for hydroxylation is 1. The molecule has 34 heavy (non-hydrogen) atoms. The topological polar surface area (TPSA) is 72.8 Å². The van der Waals surface area contributed by atoms with E-state index in [9.17, 15) is 9.32 Å². The number of benzene rings is 1. The minimum atomic E-state index is -1.36. The van der Waals surface area contributed by atoms with Crippen LogP contribution in [-0.4, -0.2) is 69.0 Å². The fourth-order valence-corrected chi connectivity index (χ4v) is 6.24. The number of nitrogens with zero attached hydrogens (tertiary/aromatic N) is 5. The van der Waals surface area contributed by atoms with Gasteiger partial charge in [0.2, 0.25) is 0 Å². The van der Waals surface area contributed by atoms with Crippen molar-refractivity contribution < 1.29 is 9.32 Å². The Labute approximate surface area is 205 Å². The molecule has 1 N–H and O–H groups in total. The molecule has 2 heterocycles. The van der Waals surface area contributed by atoms with Gasteiger partial charge in [0.25, 0.3) is 0 Å². The number of aromatic nitrogens is 2. The van der Waals surface area contributed by atoms with Gasteiger partial charge in [0, 0.05) is 45.8 Å². The maximum absolute atomic E-state index is 13.1. The third-order valence-electron chi connectivity index (χ3n) is 6.86. The molecule has 1 aromatic heterocycles. The number of phenolic OH excluding ortho intramolecular Hbond substituents is 1. The minimum absolute atomic E-state index is 0.103. The van der Waals surface area contributed by atoms with Crippen LogP contribution in [0, 0.1) is 6.92 Å². The lowest BCUT2D eigenvalue weighted by Gasteiger charge is -2.37. The highest BCUT2D eigenvalue weighted by Gasteiger charge is 2.31. The van der Waals surface area contributed by atoms with Crippen molar-refractivity contribution in [3.63, 3.8) is 0 Å². The summed E-state index contributed by atoms with van der Waals surface area (Å²) in [5.41, 5.74) is 5.55. The van der Waals surface area contributed by atoms with Crippen molar-refractivity contribution in [2.45, 2.75) is 50.0 Å². The summed E-state index contributed by atoms with van der Waals surface area (Å²) in [5.74, 6) is 1.08. The number of hydrogen-bond donors (Lipinski definition) is 1. The monoisotopic (exact) mass is 481 g/mol. The van der Waals surface area contributed by atoms with E-state index in [1.807, 2.05) is 37.5 Å². The third kappa shape index (κ3) is 4.74. The highest BCUT2D eigenvalue weighted by atomic mass is 32.2. The first-order valence-electron chi connectivity index (χ1n) is 11.9. The van der Waals surface area contributed by atoms with E-state index in [-0.39, 0.29) is 5.75 Å². The molecule has 1 fully saturated rings. The summed E-state index contributed by atoms with van der Waals surface area (Å²) in [4.78, 5) is 4.83. The smallest absolute Gasteiger partial charge is 0.154 e. The van der Waals surface area contributed by atoms with Crippen molar-refractivity contribution in [2.24, 2.45) is 0 Å². The summed E-state index contributed by atoms with van der Waals surface area (Å²) in [6.07, 6.45) is 8.70. The summed E-state index contributed by atoms with van der Waals surface area (Å²) < 4.78 is 15.0. The predicted octanol–water partition coefficient (Wildman–Crippen LogP) is 3.69. The fourth-order valence-electron chi connectivity index (χ4n) is 4.99. The maximum atomic E-state index is 13.1. The summed E-state index contributed by atoms with van der Waals surface area (Å²) >= 11 is 0. The van der Waals surface area contributed by atoms with E-state index >= 15 is 0 Å². The van der Waals surface area contributed by atoms with Crippen molar-refractivity contribution in [2.75, 3.05) is 39.1 Å². The average molecular weight is 482 g/mol. The Morgan fingerprint density at radius 1 is 1.18 bits per heavy atom. The molecule has 0 spiro atoms. The first-order valence-corrected chi connectivity index (χ1v) is 13.0. The standard InChI is InChI=1S/C26H35N5O2S/c1-6-8-22(29(3)4)25-20-9-7-10-21(20)26(28-27-25)30(5)19-13-15-31(16-14-19)34(33)24-12-11-18(2)17-23(24)32/h6,8,11-12,17,19,32H,1,7,9-10,13-16H2,2-5H3/b22-8-. The Morgan fingerprint density at radius 3 is 2.53 bits per heavy atom. The molecular formula is C26H35N5O2S. The van der Waals surface area contributed by atoms with Crippen molar-refractivity contribution in [1.29, 1.82) is 0 Å². The molecule has 7 nitrogen and oxygen atoms in total. The van der Waals surface area contributed by atoms with Crippen LogP contribution < -0.4 is 4.90 Å². The number of phenols is 1. The zero-order valence-electron chi connectivity index (χ0n) is 20.6. The molecule has 1 aliphatic carbocycles. The number of piperidine rings is 1. The summed E-state index contributed by atoms with van der Waals surface area (Å²) in [6.45, 7) is 7.18. The number of aromatic hydroxyl groups is 1. The molecule has 182 valence electrons. The van der Waals surface area contributed by atoms with Crippen LogP contribution in [0.4, 0.5) is 5.82 Å². The van der Waals surface area contributed by atoms with E-state index in [0.717, 1.165) is 54.9 Å². The Bertz CT molecular complexity index is 1120. The van der Waals surface area contributed by atoms with Gasteiger partial charge in [-0.3, -0.25) is 0 Å². The van der Waals surface area contributed by atoms with Gasteiger partial charge in [-0.15, -0.1) is 10.2 Å². The molecule has 1 saturated heterocycles. The van der Waals surface area contributed by atoms with Gasteiger partial charge in [-0.1, -0.05) is 18.7 Å². The third-order valence-corrected chi connectivity index (χ3v) is 8.42. The van der Waals surface area contributed by atoms with Gasteiger partial charge in [0.1, 0.15) is 22.4 Å². The number of allylic oxidation sites excluding steroid dienone is 2. The quantitative estimate of drug-likeness (QED) is 0.608. The van der Waals surface area contributed by atoms with Crippen LogP contribution in [0.1, 0.15) is 41.6 Å². The van der Waals surface area contributed by atoms with Crippen LogP contribution in [0.2, 0.25) is 0 Å². The fraction of sp³-hybridized carbons (Fsp3) is 0.462. The van der Waals surface area contributed by atoms with Gasteiger partial charge in [-0.25, -0.2) is 8.51 Å². The predicted molar refractivity (Wildman–Crippen MR) is 138 cm³/mol. The molecule has 0 saturated carbocycles. The Hall–Kier alpha value is -2.71. The molecule has 2 aliphatic rings. The van der Waals surface area contributed by atoms with Gasteiger partial charge in [-0.2, -0.15) is 0 Å². The van der Waals surface area contributed by atoms with E-state index < -0.39 is 11.0 Å². The van der Waals surface area contributed by atoms with Crippen LogP contribution in [-0.2, 0) is 23.8 Å². The number of anilines is 1. The van der Waals surface area contributed by atoms with E-state index in [2.05, 4.69) is 28.5 Å². The average Bonchev–Trinajstić information content (AvgIpc) is 3.31. The molecule has 0 bridgehead atoms. The van der Waals surface area contributed by atoms with E-state index in [1.54, 1.807) is 18.2 Å². The summed E-state index contributed by atoms with van der Waals surface area (Å²) in [5, 5.41) is 19.6. The lowest BCUT2D eigenvalue weighted by Crippen LogP contribution is -2.44. The van der Waals surface area contributed by atoms with Crippen LogP contribution >= 0.6 is 0 Å². The van der Waals surface area contributed by atoms with Gasteiger partial charge < -0.3 is 14.9 Å². The van der Waals surface area contributed by atoms with Crippen molar-refractivity contribution in [1.82, 2.24) is 19.4 Å². The Balaban J connectivity index is 1.50. The first kappa shape index (κ1) is 24.4. The normalized spacial score (nSPS) is 17.9. The van der Waals surface area contributed by atoms with Crippen molar-refractivity contribution >= 4 is 22.5 Å². The van der Waals surface area contributed by atoms with Crippen LogP contribution in [0.15, 0.2) is 41.8 Å². The Kier molecular flexibility index (Phi) is 7.38. The van der Waals surface area contributed by atoms with E-state index in [1.165, 1.54) is 11.1 Å². The van der Waals surface area contributed by atoms with Gasteiger partial charge in [-0.05, 0) is 68.4 Å². The minimum Gasteiger partial charge on any atom is -0.507 e. The molecule has 0 radical (unpaired) electrons. The van der Waals surface area contributed by atoms with Crippen molar-refractivity contribution in [3.8, 4) is 5.75 Å². The summed E-state index contributed by atoms with van der Waals surface area (Å²) in [7, 11) is 4.79. The SMILES string of the molecule is C=C/C=C(/c1nnc(N(C)C2CCN(S(=O)c3ccc(C)cc3O)CC2)c2c1CCC2)N(C)C. The van der Waals surface area contributed by atoms with E-state index in [0.29, 0.717) is 24.0 Å². The molecule has 1 unspecified atom stereocenters. The highest BCUT2D eigenvalue weighted by molar-refractivity contribution is 7.82. The highest BCUT2D eigenvalue weighted by Crippen LogP contribution is 2.35. The maximum Gasteiger partial charge on any atom is 0.154 e. The molecule has 4 rings (SSSR count). The molecule has 8 heteroatoms. The largest absolute Gasteiger partial charge is 0.507 e. The van der Waals surface area contributed by atoms with Gasteiger partial charge >= 0.3 is 0 Å². The molecule has 1 aromatic carbocycles. The number of hydrogen-bond acceptors (Lipinski definition) is 6. The Morgan fingerprint density at radius 2 is 1.88 bits per heavy atom. The van der Waals surface area contributed by atoms with Crippen LogP contribution in [0.25, 0.3) is 5.70 Å². The summed E-state index contributed by atoms with van der Waals surface area (Å²) in [6, 6.07) is 5.63. The van der Waals surface area contributed by atoms with Crippen LogP contribution in [0.5, 0.6) is 5.75 Å². The molecule has 1 aliphatic heterocycles. The molecule has 1 atom stereocenters.